The monoisotopic (exact) mass is 485 g/mol. The van der Waals surface area contributed by atoms with Crippen LogP contribution in [0.4, 0.5) is 11.4 Å². The lowest BCUT2D eigenvalue weighted by atomic mass is 9.88. The van der Waals surface area contributed by atoms with Gasteiger partial charge in [-0.15, -0.1) is 0 Å². The van der Waals surface area contributed by atoms with E-state index in [0.717, 1.165) is 48.4 Å². The highest BCUT2D eigenvalue weighted by Gasteiger charge is 2.25. The normalized spacial score (nSPS) is 14.5. The number of hydrogen-bond donors (Lipinski definition) is 2. The first kappa shape index (κ1) is 25.5. The Morgan fingerprint density at radius 3 is 2.28 bits per heavy atom. The van der Waals surface area contributed by atoms with Crippen LogP contribution >= 0.6 is 0 Å². The number of methoxy groups -OCH3 is 1. The Labute approximate surface area is 213 Å². The fourth-order valence-electron chi connectivity index (χ4n) is 4.90. The van der Waals surface area contributed by atoms with Gasteiger partial charge in [0.1, 0.15) is 5.75 Å². The van der Waals surface area contributed by atoms with Crippen LogP contribution in [-0.2, 0) is 4.79 Å². The van der Waals surface area contributed by atoms with E-state index in [9.17, 15) is 9.59 Å². The molecule has 4 rings (SSSR count). The van der Waals surface area contributed by atoms with Gasteiger partial charge in [0.05, 0.1) is 18.4 Å². The predicted molar refractivity (Wildman–Crippen MR) is 146 cm³/mol. The van der Waals surface area contributed by atoms with Crippen LogP contribution in [0.5, 0.6) is 5.75 Å². The Bertz CT molecular complexity index is 1220. The van der Waals surface area contributed by atoms with Crippen molar-refractivity contribution in [3.05, 3.63) is 77.9 Å². The average Bonchev–Trinajstić information content (AvgIpc) is 2.88. The summed E-state index contributed by atoms with van der Waals surface area (Å²) in [4.78, 5) is 27.7. The van der Waals surface area contributed by atoms with E-state index in [0.29, 0.717) is 28.9 Å². The van der Waals surface area contributed by atoms with E-state index in [1.807, 2.05) is 60.7 Å². The Morgan fingerprint density at radius 1 is 0.917 bits per heavy atom. The maximum atomic E-state index is 13.3. The molecule has 0 spiro atoms. The van der Waals surface area contributed by atoms with Crippen molar-refractivity contribution < 1.29 is 14.3 Å². The van der Waals surface area contributed by atoms with Gasteiger partial charge in [0.15, 0.2) is 0 Å². The summed E-state index contributed by atoms with van der Waals surface area (Å²) in [5, 5.41) is 5.85. The van der Waals surface area contributed by atoms with E-state index < -0.39 is 0 Å². The van der Waals surface area contributed by atoms with Crippen molar-refractivity contribution in [3.63, 3.8) is 0 Å². The maximum absolute atomic E-state index is 13.3. The number of nitrogens with one attached hydrogen (secondary N) is 2. The first-order valence-electron chi connectivity index (χ1n) is 12.6. The van der Waals surface area contributed by atoms with Crippen LogP contribution in [0.15, 0.2) is 66.7 Å². The average molecular weight is 486 g/mol. The minimum atomic E-state index is -0.274. The number of amides is 2. The van der Waals surface area contributed by atoms with Gasteiger partial charge in [-0.25, -0.2) is 0 Å². The Hall–Kier alpha value is -3.64. The fourth-order valence-corrected chi connectivity index (χ4v) is 4.90. The van der Waals surface area contributed by atoms with E-state index in [4.69, 9.17) is 4.74 Å². The number of carbonyl (C=O) groups excluding carboxylic acids is 2. The molecular formula is C30H35N3O3. The van der Waals surface area contributed by atoms with E-state index >= 15 is 0 Å². The number of anilines is 2. The molecule has 188 valence electrons. The topological polar surface area (TPSA) is 70.7 Å². The molecule has 3 aromatic carbocycles. The largest absolute Gasteiger partial charge is 0.496 e. The third kappa shape index (κ3) is 5.94. The molecule has 0 aromatic heterocycles. The lowest BCUT2D eigenvalue weighted by Gasteiger charge is -2.35. The molecule has 0 aliphatic carbocycles. The number of piperidine rings is 1. The second-order valence-electron chi connectivity index (χ2n) is 9.62. The number of likely N-dealkylation sites (tertiary alicyclic amines) is 1. The van der Waals surface area contributed by atoms with Gasteiger partial charge in [-0.3, -0.25) is 9.59 Å². The first-order valence-corrected chi connectivity index (χ1v) is 12.6. The summed E-state index contributed by atoms with van der Waals surface area (Å²) < 4.78 is 5.66. The molecule has 2 N–H and O–H groups in total. The number of carbonyl (C=O) groups is 2. The summed E-state index contributed by atoms with van der Waals surface area (Å²) in [5.74, 6) is 0.729. The van der Waals surface area contributed by atoms with Crippen LogP contribution in [-0.4, -0.2) is 43.0 Å². The molecule has 0 unspecified atom stereocenters. The molecule has 0 atom stereocenters. The lowest BCUT2D eigenvalue weighted by Crippen LogP contribution is -2.37. The van der Waals surface area contributed by atoms with Crippen LogP contribution in [0.2, 0.25) is 0 Å². The highest BCUT2D eigenvalue weighted by molar-refractivity contribution is 6.10. The molecule has 1 aliphatic rings. The second kappa shape index (κ2) is 11.4. The molecule has 6 nitrogen and oxygen atoms in total. The minimum absolute atomic E-state index is 0.228. The minimum Gasteiger partial charge on any atom is -0.496 e. The highest BCUT2D eigenvalue weighted by atomic mass is 16.5. The molecule has 1 saturated heterocycles. The summed E-state index contributed by atoms with van der Waals surface area (Å²) in [6, 6.07) is 21.7. The van der Waals surface area contributed by atoms with Gasteiger partial charge in [0, 0.05) is 18.7 Å². The number of ether oxygens (including phenoxy) is 1. The van der Waals surface area contributed by atoms with Gasteiger partial charge in [-0.05, 0) is 92.7 Å². The predicted octanol–water partition coefficient (Wildman–Crippen LogP) is 6.16. The smallest absolute Gasteiger partial charge is 0.257 e. The third-order valence-electron chi connectivity index (χ3n) is 6.87. The molecule has 36 heavy (non-hydrogen) atoms. The number of benzene rings is 3. The van der Waals surface area contributed by atoms with E-state index in [2.05, 4.69) is 29.4 Å². The van der Waals surface area contributed by atoms with Crippen molar-refractivity contribution in [2.45, 2.75) is 45.6 Å². The van der Waals surface area contributed by atoms with Gasteiger partial charge in [-0.1, -0.05) is 36.4 Å². The molecule has 1 fully saturated rings. The molecule has 6 heteroatoms. The highest BCUT2D eigenvalue weighted by Crippen LogP contribution is 2.36. The van der Waals surface area contributed by atoms with Crippen molar-refractivity contribution in [2.24, 2.45) is 0 Å². The molecular weight excluding hydrogens is 450 g/mol. The van der Waals surface area contributed by atoms with E-state index in [-0.39, 0.29) is 11.8 Å². The van der Waals surface area contributed by atoms with Gasteiger partial charge in [-0.2, -0.15) is 0 Å². The lowest BCUT2D eigenvalue weighted by molar-refractivity contribution is -0.114. The first-order chi connectivity index (χ1) is 17.4. The van der Waals surface area contributed by atoms with Crippen LogP contribution in [0.25, 0.3) is 11.1 Å². The number of hydrogen-bond acceptors (Lipinski definition) is 4. The maximum Gasteiger partial charge on any atom is 0.257 e. The molecule has 0 bridgehead atoms. The Morgan fingerprint density at radius 2 is 1.64 bits per heavy atom. The molecule has 0 radical (unpaired) electrons. The van der Waals surface area contributed by atoms with Crippen molar-refractivity contribution in [2.75, 3.05) is 30.8 Å². The molecule has 1 heterocycles. The zero-order chi connectivity index (χ0) is 25.7. The van der Waals surface area contributed by atoms with Gasteiger partial charge < -0.3 is 20.3 Å². The van der Waals surface area contributed by atoms with Crippen molar-refractivity contribution in [1.29, 1.82) is 0 Å². The summed E-state index contributed by atoms with van der Waals surface area (Å²) in [6.45, 7) is 8.01. The summed E-state index contributed by atoms with van der Waals surface area (Å²) >= 11 is 0. The zero-order valence-corrected chi connectivity index (χ0v) is 21.5. The van der Waals surface area contributed by atoms with Gasteiger partial charge in [0.25, 0.3) is 5.91 Å². The molecule has 1 aliphatic heterocycles. The van der Waals surface area contributed by atoms with Crippen molar-refractivity contribution in [1.82, 2.24) is 4.90 Å². The number of nitrogens with zero attached hydrogens (tertiary/aromatic N) is 1. The van der Waals surface area contributed by atoms with Crippen LogP contribution in [0.1, 0.15) is 55.5 Å². The van der Waals surface area contributed by atoms with Crippen LogP contribution in [0, 0.1) is 0 Å². The van der Waals surface area contributed by atoms with E-state index in [1.165, 1.54) is 6.92 Å². The summed E-state index contributed by atoms with van der Waals surface area (Å²) in [7, 11) is 1.69. The van der Waals surface area contributed by atoms with Crippen molar-refractivity contribution >= 4 is 23.2 Å². The van der Waals surface area contributed by atoms with Crippen LogP contribution < -0.4 is 15.4 Å². The number of rotatable bonds is 7. The van der Waals surface area contributed by atoms with Crippen molar-refractivity contribution in [3.8, 4) is 16.9 Å². The Kier molecular flexibility index (Phi) is 8.06. The zero-order valence-electron chi connectivity index (χ0n) is 21.5. The molecule has 0 saturated carbocycles. The summed E-state index contributed by atoms with van der Waals surface area (Å²) in [6.07, 6.45) is 2.11. The van der Waals surface area contributed by atoms with E-state index in [1.54, 1.807) is 13.2 Å². The third-order valence-corrected chi connectivity index (χ3v) is 6.87. The fraction of sp³-hybridized carbons (Fsp3) is 0.333. The summed E-state index contributed by atoms with van der Waals surface area (Å²) in [5.41, 5.74) is 4.67. The van der Waals surface area contributed by atoms with Gasteiger partial charge in [0.2, 0.25) is 5.91 Å². The van der Waals surface area contributed by atoms with Crippen LogP contribution in [0.3, 0.4) is 0 Å². The SMILES string of the molecule is COc1ccc(NC(=O)c2ccc(-c3ccccc3)cc2NC(C)=O)cc1C1CCN(C(C)C)CC1. The standard InChI is InChI=1S/C30H35N3O3/c1-20(2)33-16-14-23(15-17-33)27-19-25(11-13-29(27)36-4)32-30(35)26-12-10-24(18-28(26)31-21(3)34)22-8-6-5-7-9-22/h5-13,18-20,23H,14-17H2,1-4H3,(H,31,34)(H,32,35). The molecule has 3 aromatic rings. The Balaban J connectivity index is 1.57. The quantitative estimate of drug-likeness (QED) is 0.420. The van der Waals surface area contributed by atoms with Gasteiger partial charge >= 0.3 is 0 Å². The molecule has 2 amide bonds. The second-order valence-corrected chi connectivity index (χ2v) is 9.62.